The van der Waals surface area contributed by atoms with Gasteiger partial charge in [-0.05, 0) is 49.3 Å². The smallest absolute Gasteiger partial charge is 0.343 e. The van der Waals surface area contributed by atoms with Gasteiger partial charge >= 0.3 is 6.18 Å². The number of likely N-dealkylation sites (tertiary alicyclic amines) is 1. The normalized spacial score (nSPS) is 25.6. The van der Waals surface area contributed by atoms with E-state index in [0.29, 0.717) is 23.2 Å². The number of aromatic nitrogens is 1. The van der Waals surface area contributed by atoms with Gasteiger partial charge < -0.3 is 10.2 Å². The van der Waals surface area contributed by atoms with Crippen molar-refractivity contribution in [3.63, 3.8) is 0 Å². The molecule has 3 aliphatic rings. The van der Waals surface area contributed by atoms with Crippen LogP contribution in [0.4, 0.5) is 13.2 Å². The summed E-state index contributed by atoms with van der Waals surface area (Å²) >= 11 is 0. The molecule has 1 aliphatic heterocycles. The van der Waals surface area contributed by atoms with E-state index in [9.17, 15) is 28.0 Å². The summed E-state index contributed by atoms with van der Waals surface area (Å²) in [6.45, 7) is -0.237. The summed E-state index contributed by atoms with van der Waals surface area (Å²) in [5, 5.41) is 12.2. The molecule has 31 heavy (non-hydrogen) atoms. The third-order valence-electron chi connectivity index (χ3n) is 6.77. The fourth-order valence-corrected chi connectivity index (χ4v) is 4.78. The van der Waals surface area contributed by atoms with E-state index >= 15 is 0 Å². The summed E-state index contributed by atoms with van der Waals surface area (Å²) in [7, 11) is 0. The number of rotatable bonds is 4. The van der Waals surface area contributed by atoms with E-state index in [4.69, 9.17) is 0 Å². The molecule has 5 rings (SSSR count). The van der Waals surface area contributed by atoms with E-state index in [2.05, 4.69) is 16.4 Å². The molecule has 1 N–H and O–H groups in total. The standard InChI is InChI=1S/C22H19F3N4O2/c23-22(24,25)21(4-5-21)13-1-2-15-16(3-6-27-17(15)9-13)20(31)28-11-19(30)29-14(10-26)7-12-8-18(12)29/h1-3,6,9,12,14,18H,4-5,7-8,11H2,(H,28,31)/t12-,14+,18+/m1/s1. The van der Waals surface area contributed by atoms with E-state index in [1.54, 1.807) is 4.90 Å². The number of carbonyl (C=O) groups is 2. The molecule has 0 bridgehead atoms. The minimum atomic E-state index is -4.33. The lowest BCUT2D eigenvalue weighted by Gasteiger charge is -2.22. The summed E-state index contributed by atoms with van der Waals surface area (Å²) in [6.07, 6.45) is -1.28. The fraction of sp³-hybridized carbons (Fsp3) is 0.455. The van der Waals surface area contributed by atoms with Crippen LogP contribution in [0.5, 0.6) is 0 Å². The molecule has 6 nitrogen and oxygen atoms in total. The molecule has 3 atom stereocenters. The van der Waals surface area contributed by atoms with Crippen LogP contribution in [0.1, 0.15) is 41.6 Å². The highest BCUT2D eigenvalue weighted by Crippen LogP contribution is 2.59. The average Bonchev–Trinajstić information content (AvgIpc) is 3.67. The van der Waals surface area contributed by atoms with Crippen LogP contribution in [-0.2, 0) is 10.2 Å². The first-order valence-electron chi connectivity index (χ1n) is 10.2. The zero-order valence-corrected chi connectivity index (χ0v) is 16.4. The van der Waals surface area contributed by atoms with Crippen LogP contribution in [0.3, 0.4) is 0 Å². The molecule has 1 aromatic carbocycles. The van der Waals surface area contributed by atoms with Gasteiger partial charge in [0.15, 0.2) is 0 Å². The molecular formula is C22H19F3N4O2. The van der Waals surface area contributed by atoms with Crippen LogP contribution in [0.15, 0.2) is 30.5 Å². The highest BCUT2D eigenvalue weighted by atomic mass is 19.4. The predicted molar refractivity (Wildman–Crippen MR) is 104 cm³/mol. The van der Waals surface area contributed by atoms with Crippen molar-refractivity contribution in [2.45, 2.75) is 49.4 Å². The van der Waals surface area contributed by atoms with Gasteiger partial charge in [0.25, 0.3) is 5.91 Å². The first-order valence-corrected chi connectivity index (χ1v) is 10.2. The maximum Gasteiger partial charge on any atom is 0.398 e. The Hall–Kier alpha value is -3.15. The van der Waals surface area contributed by atoms with E-state index in [0.717, 1.165) is 6.42 Å². The minimum absolute atomic E-state index is 0.0480. The van der Waals surface area contributed by atoms with Crippen molar-refractivity contribution in [1.82, 2.24) is 15.2 Å². The second-order valence-electron chi connectivity index (χ2n) is 8.60. The van der Waals surface area contributed by atoms with Crippen molar-refractivity contribution in [2.24, 2.45) is 5.92 Å². The van der Waals surface area contributed by atoms with Crippen molar-refractivity contribution in [2.75, 3.05) is 6.54 Å². The van der Waals surface area contributed by atoms with Gasteiger partial charge in [0.2, 0.25) is 5.91 Å². The lowest BCUT2D eigenvalue weighted by atomic mass is 9.93. The monoisotopic (exact) mass is 428 g/mol. The summed E-state index contributed by atoms with van der Waals surface area (Å²) in [4.78, 5) is 31.0. The molecule has 9 heteroatoms. The Labute approximate surface area is 176 Å². The van der Waals surface area contributed by atoms with E-state index in [1.165, 1.54) is 30.5 Å². The van der Waals surface area contributed by atoms with Crippen LogP contribution in [0, 0.1) is 17.2 Å². The number of carbonyl (C=O) groups excluding carboxylic acids is 2. The third kappa shape index (κ3) is 3.12. The summed E-state index contributed by atoms with van der Waals surface area (Å²) < 4.78 is 40.3. The van der Waals surface area contributed by atoms with E-state index in [1.807, 2.05) is 0 Å². The van der Waals surface area contributed by atoms with Gasteiger partial charge in [0.05, 0.1) is 29.1 Å². The molecule has 0 radical (unpaired) electrons. The molecular weight excluding hydrogens is 409 g/mol. The van der Waals surface area contributed by atoms with Crippen molar-refractivity contribution < 1.29 is 22.8 Å². The Kier molecular flexibility index (Phi) is 4.26. The average molecular weight is 428 g/mol. The van der Waals surface area contributed by atoms with E-state index < -0.39 is 23.5 Å². The first kappa shape index (κ1) is 19.8. The number of alkyl halides is 3. The predicted octanol–water partition coefficient (Wildman–Crippen LogP) is 3.07. The molecule has 2 heterocycles. The number of piperidine rings is 1. The van der Waals surface area contributed by atoms with Crippen molar-refractivity contribution in [1.29, 1.82) is 5.26 Å². The Bertz CT molecular complexity index is 1140. The van der Waals surface area contributed by atoms with E-state index in [-0.39, 0.29) is 42.5 Å². The minimum Gasteiger partial charge on any atom is -0.343 e. The lowest BCUT2D eigenvalue weighted by molar-refractivity contribution is -0.160. The molecule has 2 aromatic rings. The van der Waals surface area contributed by atoms with Crippen molar-refractivity contribution >= 4 is 22.7 Å². The van der Waals surface area contributed by atoms with Crippen LogP contribution in [0.2, 0.25) is 0 Å². The number of nitrogens with one attached hydrogen (secondary N) is 1. The zero-order chi connectivity index (χ0) is 22.0. The SMILES string of the molecule is N#C[C@@H]1C[C@@H]2C[C@@H]2N1C(=O)CNC(=O)c1ccnc2cc(C3(C(F)(F)F)CC3)ccc12. The molecule has 1 aromatic heterocycles. The highest BCUT2D eigenvalue weighted by Gasteiger charge is 2.64. The first-order chi connectivity index (χ1) is 14.7. The van der Waals surface area contributed by atoms with Gasteiger partial charge in [-0.3, -0.25) is 14.6 Å². The second kappa shape index (κ2) is 6.67. The summed E-state index contributed by atoms with van der Waals surface area (Å²) in [5.74, 6) is -0.425. The van der Waals surface area contributed by atoms with Crippen molar-refractivity contribution in [3.05, 3.63) is 41.6 Å². The number of halogens is 3. The highest BCUT2D eigenvalue weighted by molar-refractivity contribution is 6.07. The lowest BCUT2D eigenvalue weighted by Crippen LogP contribution is -2.44. The number of hydrogen-bond acceptors (Lipinski definition) is 4. The van der Waals surface area contributed by atoms with Gasteiger partial charge in [-0.1, -0.05) is 12.1 Å². The Balaban J connectivity index is 1.34. The number of fused-ring (bicyclic) bond motifs is 2. The molecule has 2 amide bonds. The molecule has 3 fully saturated rings. The molecule has 0 unspecified atom stereocenters. The molecule has 2 aliphatic carbocycles. The maximum atomic E-state index is 13.4. The van der Waals surface area contributed by atoms with Gasteiger partial charge in [-0.2, -0.15) is 18.4 Å². The molecule has 2 saturated carbocycles. The quantitative estimate of drug-likeness (QED) is 0.811. The summed E-state index contributed by atoms with van der Waals surface area (Å²) in [5.41, 5.74) is -1.12. The molecule has 160 valence electrons. The second-order valence-corrected chi connectivity index (χ2v) is 8.60. The number of nitrogens with zero attached hydrogens (tertiary/aromatic N) is 3. The van der Waals surface area contributed by atoms with Gasteiger partial charge in [0, 0.05) is 17.6 Å². The molecule has 0 spiro atoms. The third-order valence-corrected chi connectivity index (χ3v) is 6.77. The zero-order valence-electron chi connectivity index (χ0n) is 16.4. The fourth-order valence-electron chi connectivity index (χ4n) is 4.78. The Morgan fingerprint density at radius 2 is 2.03 bits per heavy atom. The van der Waals surface area contributed by atoms with Crippen LogP contribution < -0.4 is 5.32 Å². The largest absolute Gasteiger partial charge is 0.398 e. The number of amides is 2. The van der Waals surface area contributed by atoms with Gasteiger partial charge in [-0.25, -0.2) is 0 Å². The molecule has 1 saturated heterocycles. The summed E-state index contributed by atoms with van der Waals surface area (Å²) in [6, 6.07) is 7.55. The van der Waals surface area contributed by atoms with Gasteiger partial charge in [-0.15, -0.1) is 0 Å². The Morgan fingerprint density at radius 3 is 2.71 bits per heavy atom. The van der Waals surface area contributed by atoms with Gasteiger partial charge in [0.1, 0.15) is 6.04 Å². The van der Waals surface area contributed by atoms with Crippen molar-refractivity contribution in [3.8, 4) is 6.07 Å². The number of pyridine rings is 1. The maximum absolute atomic E-state index is 13.4. The topological polar surface area (TPSA) is 86.1 Å². The van der Waals surface area contributed by atoms with Crippen LogP contribution in [0.25, 0.3) is 10.9 Å². The van der Waals surface area contributed by atoms with Crippen LogP contribution >= 0.6 is 0 Å². The Morgan fingerprint density at radius 1 is 1.26 bits per heavy atom. The van der Waals surface area contributed by atoms with Crippen LogP contribution in [-0.4, -0.2) is 46.5 Å². The number of nitriles is 1. The number of benzene rings is 1. The number of hydrogen-bond donors (Lipinski definition) is 1.